The molecule has 3 aliphatic rings. The molecular weight excluding hydrogens is 749 g/mol. The molecule has 0 saturated heterocycles. The van der Waals surface area contributed by atoms with Crippen molar-refractivity contribution in [2.24, 2.45) is 0 Å². The highest BCUT2D eigenvalue weighted by Crippen LogP contribution is 2.61. The topological polar surface area (TPSA) is 9.86 Å². The van der Waals surface area contributed by atoms with Crippen molar-refractivity contribution in [2.45, 2.75) is 91.9 Å². The molecule has 12 rings (SSSR count). The number of para-hydroxylation sites is 2. The summed E-state index contributed by atoms with van der Waals surface area (Å²) < 4.78 is 5.28. The molecule has 62 heavy (non-hydrogen) atoms. The Bertz CT molecular complexity index is 3390. The fourth-order valence-electron chi connectivity index (χ4n) is 11.9. The second-order valence-corrected chi connectivity index (χ2v) is 19.2. The average Bonchev–Trinajstić information content (AvgIpc) is 3.80. The van der Waals surface area contributed by atoms with Crippen LogP contribution in [-0.2, 0) is 6.42 Å². The minimum atomic E-state index is 0.280. The van der Waals surface area contributed by atoms with Crippen LogP contribution in [0, 0.1) is 27.7 Å². The minimum Gasteiger partial charge on any atom is -0.313 e. The molecule has 0 spiro atoms. The summed E-state index contributed by atoms with van der Waals surface area (Å²) in [5.74, 6) is 1.29. The van der Waals surface area contributed by atoms with Crippen LogP contribution in [0.3, 0.4) is 0 Å². The SMILES string of the molecule is Cc1ccc(C2=Cc3c(n(-c4ccccc4)c4c5c6c(cc34)C(C)C(C)c3cc4c7cc(-c8ccc(C)c(C)c8)ccc7n(-c7ccccc7)c4c(c3-6)C(C)C5C)CC2)cc1C. The summed E-state index contributed by atoms with van der Waals surface area (Å²) in [7, 11) is 0. The Hall–Kier alpha value is -6.38. The quantitative estimate of drug-likeness (QED) is 0.168. The molecule has 4 atom stereocenters. The van der Waals surface area contributed by atoms with E-state index in [1.807, 2.05) is 0 Å². The fourth-order valence-corrected chi connectivity index (χ4v) is 11.9. The molecule has 0 saturated carbocycles. The molecule has 2 heterocycles. The summed E-state index contributed by atoms with van der Waals surface area (Å²) in [5.41, 5.74) is 29.2. The summed E-state index contributed by atoms with van der Waals surface area (Å²) in [6.45, 7) is 19.0. The van der Waals surface area contributed by atoms with Gasteiger partial charge in [-0.05, 0) is 197 Å². The number of hydrogen-bond donors (Lipinski definition) is 0. The number of fused-ring (bicyclic) bond motifs is 8. The van der Waals surface area contributed by atoms with Gasteiger partial charge in [0.1, 0.15) is 0 Å². The first-order valence-corrected chi connectivity index (χ1v) is 22.9. The van der Waals surface area contributed by atoms with Gasteiger partial charge in [-0.2, -0.15) is 0 Å². The number of allylic oxidation sites excluding steroid dienone is 1. The molecule has 0 bridgehead atoms. The molecule has 2 heteroatoms. The predicted molar refractivity (Wildman–Crippen MR) is 264 cm³/mol. The second-order valence-electron chi connectivity index (χ2n) is 19.2. The van der Waals surface area contributed by atoms with Gasteiger partial charge < -0.3 is 9.13 Å². The van der Waals surface area contributed by atoms with Crippen LogP contribution in [0.1, 0.15) is 119 Å². The molecule has 0 aliphatic heterocycles. The van der Waals surface area contributed by atoms with Gasteiger partial charge in [0.05, 0.1) is 16.6 Å². The first-order chi connectivity index (χ1) is 30.1. The number of hydrogen-bond acceptors (Lipinski definition) is 0. The first kappa shape index (κ1) is 37.4. The summed E-state index contributed by atoms with van der Waals surface area (Å²) >= 11 is 0. The third kappa shape index (κ3) is 5.16. The van der Waals surface area contributed by atoms with Crippen molar-refractivity contribution in [3.05, 3.63) is 189 Å². The zero-order chi connectivity index (χ0) is 42.3. The van der Waals surface area contributed by atoms with Crippen molar-refractivity contribution >= 4 is 44.4 Å². The van der Waals surface area contributed by atoms with Gasteiger partial charge in [-0.3, -0.25) is 0 Å². The lowest BCUT2D eigenvalue weighted by Crippen LogP contribution is -2.24. The molecule has 2 nitrogen and oxygen atoms in total. The molecule has 9 aromatic rings. The van der Waals surface area contributed by atoms with Crippen molar-refractivity contribution in [1.29, 1.82) is 0 Å². The second kappa shape index (κ2) is 13.6. The van der Waals surface area contributed by atoms with E-state index in [2.05, 4.69) is 198 Å². The number of aromatic nitrogens is 2. The van der Waals surface area contributed by atoms with E-state index >= 15 is 0 Å². The lowest BCUT2D eigenvalue weighted by Gasteiger charge is -2.42. The Morgan fingerprint density at radius 1 is 0.435 bits per heavy atom. The molecule has 0 radical (unpaired) electrons. The van der Waals surface area contributed by atoms with Gasteiger partial charge in [-0.15, -0.1) is 0 Å². The molecule has 2 aromatic heterocycles. The summed E-state index contributed by atoms with van der Waals surface area (Å²) in [6, 6.07) is 48.8. The monoisotopic (exact) mass is 802 g/mol. The fraction of sp³-hybridized carbons (Fsp3) is 0.233. The van der Waals surface area contributed by atoms with Crippen LogP contribution in [0.2, 0.25) is 0 Å². The highest BCUT2D eigenvalue weighted by molar-refractivity contribution is 6.15. The third-order valence-electron chi connectivity index (χ3n) is 15.9. The summed E-state index contributed by atoms with van der Waals surface area (Å²) in [5, 5.41) is 4.13. The van der Waals surface area contributed by atoms with E-state index in [1.54, 1.807) is 0 Å². The normalized spacial score (nSPS) is 18.9. The molecule has 0 amide bonds. The van der Waals surface area contributed by atoms with E-state index in [-0.39, 0.29) is 11.8 Å². The van der Waals surface area contributed by atoms with Crippen molar-refractivity contribution in [2.75, 3.05) is 0 Å². The van der Waals surface area contributed by atoms with Crippen LogP contribution < -0.4 is 0 Å². The molecule has 7 aromatic carbocycles. The molecule has 0 fully saturated rings. The summed E-state index contributed by atoms with van der Waals surface area (Å²) in [4.78, 5) is 0. The van der Waals surface area contributed by atoms with Crippen molar-refractivity contribution in [3.8, 4) is 33.6 Å². The molecular formula is C60H54N2. The molecule has 3 aliphatic carbocycles. The Balaban J connectivity index is 1.20. The van der Waals surface area contributed by atoms with Gasteiger partial charge in [-0.25, -0.2) is 0 Å². The van der Waals surface area contributed by atoms with Crippen LogP contribution in [0.4, 0.5) is 0 Å². The molecule has 304 valence electrons. The van der Waals surface area contributed by atoms with E-state index in [0.29, 0.717) is 11.8 Å². The van der Waals surface area contributed by atoms with E-state index < -0.39 is 0 Å². The van der Waals surface area contributed by atoms with Gasteiger partial charge in [0.2, 0.25) is 0 Å². The molecule has 4 unspecified atom stereocenters. The Morgan fingerprint density at radius 2 is 0.952 bits per heavy atom. The maximum absolute atomic E-state index is 2.68. The summed E-state index contributed by atoms with van der Waals surface area (Å²) in [6.07, 6.45) is 4.61. The average molecular weight is 803 g/mol. The van der Waals surface area contributed by atoms with Crippen LogP contribution >= 0.6 is 0 Å². The highest BCUT2D eigenvalue weighted by Gasteiger charge is 2.43. The number of rotatable bonds is 4. The Kier molecular flexibility index (Phi) is 8.18. The van der Waals surface area contributed by atoms with Crippen LogP contribution in [0.25, 0.3) is 78.0 Å². The highest BCUT2D eigenvalue weighted by atomic mass is 15.0. The minimum absolute atomic E-state index is 0.280. The van der Waals surface area contributed by atoms with E-state index in [9.17, 15) is 0 Å². The first-order valence-electron chi connectivity index (χ1n) is 22.9. The third-order valence-corrected chi connectivity index (χ3v) is 15.9. The van der Waals surface area contributed by atoms with Crippen molar-refractivity contribution in [1.82, 2.24) is 9.13 Å². The van der Waals surface area contributed by atoms with E-state index in [0.717, 1.165) is 12.8 Å². The lowest BCUT2D eigenvalue weighted by atomic mass is 9.62. The van der Waals surface area contributed by atoms with Crippen LogP contribution in [0.5, 0.6) is 0 Å². The number of nitrogens with zero attached hydrogens (tertiary/aromatic N) is 2. The van der Waals surface area contributed by atoms with E-state index in [1.165, 1.54) is 133 Å². The Morgan fingerprint density at radius 3 is 1.56 bits per heavy atom. The lowest BCUT2D eigenvalue weighted by molar-refractivity contribution is 0.584. The zero-order valence-corrected chi connectivity index (χ0v) is 37.3. The van der Waals surface area contributed by atoms with Gasteiger partial charge in [0.15, 0.2) is 0 Å². The number of benzene rings is 7. The van der Waals surface area contributed by atoms with E-state index in [4.69, 9.17) is 0 Å². The van der Waals surface area contributed by atoms with Gasteiger partial charge >= 0.3 is 0 Å². The largest absolute Gasteiger partial charge is 0.313 e. The predicted octanol–water partition coefficient (Wildman–Crippen LogP) is 16.2. The maximum atomic E-state index is 2.68. The van der Waals surface area contributed by atoms with Gasteiger partial charge in [0.25, 0.3) is 0 Å². The Labute approximate surface area is 366 Å². The zero-order valence-electron chi connectivity index (χ0n) is 37.3. The van der Waals surface area contributed by atoms with Gasteiger partial charge in [-0.1, -0.05) is 107 Å². The van der Waals surface area contributed by atoms with Gasteiger partial charge in [0, 0.05) is 38.8 Å². The maximum Gasteiger partial charge on any atom is 0.0582 e. The van der Waals surface area contributed by atoms with Crippen LogP contribution in [0.15, 0.2) is 127 Å². The standard InChI is InChI=1S/C60H54N2/c1-33-19-21-41(27-35(33)3)43-23-25-53-49(29-43)51-31-47-37(5)38(6)48-32-52-50-30-44(42-22-20-34(2)36(4)28-42)24-26-54(50)62(46-17-13-10-14-18-46)60(52)56-40(8)39(7)55(57(47)58(48)56)59(51)61(53)45-15-11-9-12-16-45/h9-23,25,27-32,37-40H,24,26H2,1-8H3. The number of aryl methyl sites for hydroxylation is 4. The smallest absolute Gasteiger partial charge is 0.0582 e. The molecule has 0 N–H and O–H groups in total. The van der Waals surface area contributed by atoms with Crippen LogP contribution in [-0.4, -0.2) is 9.13 Å². The van der Waals surface area contributed by atoms with Crippen molar-refractivity contribution in [3.63, 3.8) is 0 Å². The van der Waals surface area contributed by atoms with Crippen molar-refractivity contribution < 1.29 is 0 Å².